The Morgan fingerprint density at radius 1 is 1.56 bits per heavy atom. The molecule has 0 saturated carbocycles. The number of hydrogen-bond acceptors (Lipinski definition) is 2. The van der Waals surface area contributed by atoms with Gasteiger partial charge in [0, 0.05) is 18.4 Å². The van der Waals surface area contributed by atoms with E-state index in [9.17, 15) is 0 Å². The van der Waals surface area contributed by atoms with Gasteiger partial charge in [0.05, 0.1) is 0 Å². The maximum Gasteiger partial charge on any atom is 0.0338 e. The first-order valence-electron chi connectivity index (χ1n) is 6.01. The zero-order valence-corrected chi connectivity index (χ0v) is 10.4. The quantitative estimate of drug-likeness (QED) is 0.709. The van der Waals surface area contributed by atoms with E-state index in [1.54, 1.807) is 0 Å². The first-order valence-corrected chi connectivity index (χ1v) is 6.01. The molecular formula is C14H22N2. The fourth-order valence-electron chi connectivity index (χ4n) is 1.68. The first kappa shape index (κ1) is 12.9. The van der Waals surface area contributed by atoms with Gasteiger partial charge in [0.1, 0.15) is 0 Å². The predicted molar refractivity (Wildman–Crippen MR) is 69.3 cm³/mol. The SMILES string of the molecule is C=C(C)CCC(NCCC)c1cccnc1. The highest BCUT2D eigenvalue weighted by Crippen LogP contribution is 2.19. The van der Waals surface area contributed by atoms with Gasteiger partial charge in [-0.1, -0.05) is 18.6 Å². The van der Waals surface area contributed by atoms with Crippen molar-refractivity contribution >= 4 is 0 Å². The number of nitrogens with zero attached hydrogens (tertiary/aromatic N) is 1. The van der Waals surface area contributed by atoms with Crippen LogP contribution in [0.2, 0.25) is 0 Å². The Bertz CT molecular complexity index is 306. The Morgan fingerprint density at radius 3 is 2.94 bits per heavy atom. The van der Waals surface area contributed by atoms with Gasteiger partial charge < -0.3 is 5.32 Å². The lowest BCUT2D eigenvalue weighted by Gasteiger charge is -2.18. The van der Waals surface area contributed by atoms with E-state index in [4.69, 9.17) is 0 Å². The van der Waals surface area contributed by atoms with Crippen molar-refractivity contribution in [3.63, 3.8) is 0 Å². The van der Waals surface area contributed by atoms with E-state index in [1.165, 1.54) is 11.1 Å². The van der Waals surface area contributed by atoms with Crippen LogP contribution >= 0.6 is 0 Å². The lowest BCUT2D eigenvalue weighted by atomic mass is 10.0. The van der Waals surface area contributed by atoms with Crippen LogP contribution in [0.3, 0.4) is 0 Å². The minimum atomic E-state index is 0.408. The molecule has 1 rings (SSSR count). The second kappa shape index (κ2) is 7.18. The molecule has 0 fully saturated rings. The molecule has 0 radical (unpaired) electrons. The lowest BCUT2D eigenvalue weighted by Crippen LogP contribution is -2.22. The fraction of sp³-hybridized carbons (Fsp3) is 0.500. The van der Waals surface area contributed by atoms with Gasteiger partial charge in [-0.25, -0.2) is 0 Å². The monoisotopic (exact) mass is 218 g/mol. The molecule has 88 valence electrons. The topological polar surface area (TPSA) is 24.9 Å². The average molecular weight is 218 g/mol. The van der Waals surface area contributed by atoms with E-state index in [0.29, 0.717) is 6.04 Å². The normalized spacial score (nSPS) is 12.4. The minimum absolute atomic E-state index is 0.408. The molecule has 1 aromatic rings. The van der Waals surface area contributed by atoms with E-state index in [1.807, 2.05) is 18.5 Å². The van der Waals surface area contributed by atoms with Gasteiger partial charge in [-0.15, -0.1) is 6.58 Å². The number of pyridine rings is 1. The van der Waals surface area contributed by atoms with Crippen LogP contribution in [0.1, 0.15) is 44.7 Å². The highest BCUT2D eigenvalue weighted by molar-refractivity contribution is 5.14. The second-order valence-corrected chi connectivity index (χ2v) is 4.29. The molecule has 0 amide bonds. The molecule has 1 heterocycles. The van der Waals surface area contributed by atoms with Crippen molar-refractivity contribution < 1.29 is 0 Å². The summed E-state index contributed by atoms with van der Waals surface area (Å²) in [5.74, 6) is 0. The van der Waals surface area contributed by atoms with Crippen LogP contribution in [0.4, 0.5) is 0 Å². The third-order valence-electron chi connectivity index (χ3n) is 2.59. The van der Waals surface area contributed by atoms with Gasteiger partial charge in [-0.05, 0) is 44.4 Å². The van der Waals surface area contributed by atoms with E-state index < -0.39 is 0 Å². The first-order chi connectivity index (χ1) is 7.74. The van der Waals surface area contributed by atoms with Crippen LogP contribution in [0, 0.1) is 0 Å². The summed E-state index contributed by atoms with van der Waals surface area (Å²) in [5, 5.41) is 3.56. The lowest BCUT2D eigenvalue weighted by molar-refractivity contribution is 0.497. The number of aromatic nitrogens is 1. The maximum absolute atomic E-state index is 4.18. The molecule has 2 heteroatoms. The summed E-state index contributed by atoms with van der Waals surface area (Å²) in [6.07, 6.45) is 7.09. The van der Waals surface area contributed by atoms with Crippen LogP contribution in [0.15, 0.2) is 36.7 Å². The molecule has 0 aliphatic rings. The Morgan fingerprint density at radius 2 is 2.38 bits per heavy atom. The molecule has 1 unspecified atom stereocenters. The molecule has 1 aromatic heterocycles. The van der Waals surface area contributed by atoms with Crippen LogP contribution < -0.4 is 5.32 Å². The smallest absolute Gasteiger partial charge is 0.0338 e. The second-order valence-electron chi connectivity index (χ2n) is 4.29. The number of rotatable bonds is 7. The van der Waals surface area contributed by atoms with Crippen molar-refractivity contribution in [1.29, 1.82) is 0 Å². The highest BCUT2D eigenvalue weighted by Gasteiger charge is 2.09. The molecule has 1 atom stereocenters. The van der Waals surface area contributed by atoms with Gasteiger partial charge >= 0.3 is 0 Å². The van der Waals surface area contributed by atoms with Gasteiger partial charge in [0.15, 0.2) is 0 Å². The fourth-order valence-corrected chi connectivity index (χ4v) is 1.68. The van der Waals surface area contributed by atoms with Gasteiger partial charge in [0.2, 0.25) is 0 Å². The molecule has 0 saturated heterocycles. The molecule has 0 spiro atoms. The summed E-state index contributed by atoms with van der Waals surface area (Å²) in [7, 11) is 0. The van der Waals surface area contributed by atoms with Crippen molar-refractivity contribution in [2.45, 2.75) is 39.2 Å². The van der Waals surface area contributed by atoms with Crippen LogP contribution in [-0.4, -0.2) is 11.5 Å². The van der Waals surface area contributed by atoms with Gasteiger partial charge in [-0.2, -0.15) is 0 Å². The highest BCUT2D eigenvalue weighted by atomic mass is 14.9. The average Bonchev–Trinajstić information content (AvgIpc) is 2.30. The van der Waals surface area contributed by atoms with Crippen LogP contribution in [0.5, 0.6) is 0 Å². The Kier molecular flexibility index (Phi) is 5.79. The summed E-state index contributed by atoms with van der Waals surface area (Å²) >= 11 is 0. The van der Waals surface area contributed by atoms with Crippen LogP contribution in [-0.2, 0) is 0 Å². The molecule has 1 N–H and O–H groups in total. The number of nitrogens with one attached hydrogen (secondary N) is 1. The summed E-state index contributed by atoms with van der Waals surface area (Å²) < 4.78 is 0. The van der Waals surface area contributed by atoms with E-state index in [2.05, 4.69) is 36.8 Å². The Labute approximate surface area is 98.8 Å². The molecule has 0 aromatic carbocycles. The molecule has 0 aliphatic carbocycles. The molecule has 2 nitrogen and oxygen atoms in total. The largest absolute Gasteiger partial charge is 0.310 e. The molecule has 0 bridgehead atoms. The molecular weight excluding hydrogens is 196 g/mol. The summed E-state index contributed by atoms with van der Waals surface area (Å²) in [5.41, 5.74) is 2.52. The summed E-state index contributed by atoms with van der Waals surface area (Å²) in [4.78, 5) is 4.18. The van der Waals surface area contributed by atoms with E-state index >= 15 is 0 Å². The number of hydrogen-bond donors (Lipinski definition) is 1. The van der Waals surface area contributed by atoms with Crippen molar-refractivity contribution in [3.8, 4) is 0 Å². The Balaban J connectivity index is 2.59. The van der Waals surface area contributed by atoms with Gasteiger partial charge in [0.25, 0.3) is 0 Å². The maximum atomic E-state index is 4.18. The Hall–Kier alpha value is -1.15. The minimum Gasteiger partial charge on any atom is -0.310 e. The predicted octanol–water partition coefficient (Wildman–Crippen LogP) is 3.48. The van der Waals surface area contributed by atoms with Crippen molar-refractivity contribution in [2.24, 2.45) is 0 Å². The molecule has 0 aliphatic heterocycles. The zero-order valence-electron chi connectivity index (χ0n) is 10.4. The van der Waals surface area contributed by atoms with E-state index in [0.717, 1.165) is 25.8 Å². The zero-order chi connectivity index (χ0) is 11.8. The molecule has 16 heavy (non-hydrogen) atoms. The third kappa shape index (κ3) is 4.58. The third-order valence-corrected chi connectivity index (χ3v) is 2.59. The summed E-state index contributed by atoms with van der Waals surface area (Å²) in [6.45, 7) is 9.28. The van der Waals surface area contributed by atoms with Gasteiger partial charge in [-0.3, -0.25) is 4.98 Å². The van der Waals surface area contributed by atoms with E-state index in [-0.39, 0.29) is 0 Å². The standard InChI is InChI=1S/C14H22N2/c1-4-9-16-14(8-7-12(2)3)13-6-5-10-15-11-13/h5-6,10-11,14,16H,2,4,7-9H2,1,3H3. The van der Waals surface area contributed by atoms with Crippen LogP contribution in [0.25, 0.3) is 0 Å². The summed E-state index contributed by atoms with van der Waals surface area (Å²) in [6, 6.07) is 4.54. The van der Waals surface area contributed by atoms with Crippen molar-refractivity contribution in [2.75, 3.05) is 6.54 Å². The number of allylic oxidation sites excluding steroid dienone is 1. The van der Waals surface area contributed by atoms with Crippen molar-refractivity contribution in [1.82, 2.24) is 10.3 Å². The van der Waals surface area contributed by atoms with Crippen molar-refractivity contribution in [3.05, 3.63) is 42.2 Å².